The summed E-state index contributed by atoms with van der Waals surface area (Å²) in [6.45, 7) is 45.7. The molecule has 0 N–H and O–H groups in total. The van der Waals surface area contributed by atoms with E-state index in [4.69, 9.17) is 15.0 Å². The van der Waals surface area contributed by atoms with Crippen LogP contribution in [0.4, 0.5) is 0 Å². The number of rotatable bonds is 12. The highest BCUT2D eigenvalue weighted by molar-refractivity contribution is 5.40. The van der Waals surface area contributed by atoms with Crippen molar-refractivity contribution in [3.63, 3.8) is 0 Å². The highest BCUT2D eigenvalue weighted by Gasteiger charge is 2.25. The minimum Gasteiger partial charge on any atom is -0.329 e. The van der Waals surface area contributed by atoms with Crippen LogP contribution in [0.15, 0.2) is 91.8 Å². The van der Waals surface area contributed by atoms with Gasteiger partial charge in [0.2, 0.25) is 0 Å². The Balaban J connectivity index is 1.37. The van der Waals surface area contributed by atoms with Gasteiger partial charge in [0.1, 0.15) is 17.5 Å². The molecule has 0 spiro atoms. The second-order valence-corrected chi connectivity index (χ2v) is 24.8. The molecule has 6 rings (SSSR count). The van der Waals surface area contributed by atoms with Gasteiger partial charge in [0.25, 0.3) is 0 Å². The third-order valence-electron chi connectivity index (χ3n) is 12.7. The summed E-state index contributed by atoms with van der Waals surface area (Å²) in [6.07, 6.45) is 12.3. The summed E-state index contributed by atoms with van der Waals surface area (Å²) >= 11 is 0. The third-order valence-corrected chi connectivity index (χ3v) is 12.7. The van der Waals surface area contributed by atoms with Crippen LogP contribution in [-0.2, 0) is 71.8 Å². The van der Waals surface area contributed by atoms with Gasteiger partial charge in [-0.05, 0) is 82.6 Å². The number of hydrogen-bond acceptors (Lipinski definition) is 4. The van der Waals surface area contributed by atoms with Crippen LogP contribution < -0.4 is 0 Å². The van der Waals surface area contributed by atoms with Crippen LogP contribution in [0.3, 0.4) is 0 Å². The van der Waals surface area contributed by atoms with Crippen molar-refractivity contribution < 1.29 is 0 Å². The molecular formula is C57H81N7. The number of imidazole rings is 3. The highest BCUT2D eigenvalue weighted by atomic mass is 15.2. The van der Waals surface area contributed by atoms with Gasteiger partial charge in [-0.3, -0.25) is 4.90 Å². The predicted octanol–water partition coefficient (Wildman–Crippen LogP) is 13.4. The van der Waals surface area contributed by atoms with Gasteiger partial charge in [0.05, 0.1) is 19.6 Å². The first-order valence-corrected chi connectivity index (χ1v) is 23.6. The largest absolute Gasteiger partial charge is 0.329 e. The van der Waals surface area contributed by atoms with E-state index in [0.717, 1.165) is 37.1 Å². The molecule has 0 saturated carbocycles. The Bertz CT molecular complexity index is 2140. The minimum atomic E-state index is 0.0408. The summed E-state index contributed by atoms with van der Waals surface area (Å²) in [6, 6.07) is 21.6. The van der Waals surface area contributed by atoms with Crippen LogP contribution >= 0.6 is 0 Å². The Morgan fingerprint density at radius 2 is 0.531 bits per heavy atom. The number of hydrogen-bond donors (Lipinski definition) is 0. The fourth-order valence-corrected chi connectivity index (χ4v) is 8.21. The van der Waals surface area contributed by atoms with Crippen molar-refractivity contribution in [1.29, 1.82) is 0 Å². The molecule has 7 heteroatoms. The Hall–Kier alpha value is -4.75. The molecule has 0 fully saturated rings. The molecule has 7 nitrogen and oxygen atoms in total. The van der Waals surface area contributed by atoms with E-state index in [-0.39, 0.29) is 32.5 Å². The van der Waals surface area contributed by atoms with Crippen LogP contribution in [0.2, 0.25) is 0 Å². The Morgan fingerprint density at radius 3 is 0.719 bits per heavy atom. The third kappa shape index (κ3) is 12.3. The molecule has 344 valence electrons. The van der Waals surface area contributed by atoms with E-state index < -0.39 is 0 Å². The monoisotopic (exact) mass is 864 g/mol. The maximum atomic E-state index is 5.03. The molecule has 3 aromatic heterocycles. The number of nitrogens with zero attached hydrogens (tertiary/aromatic N) is 7. The zero-order valence-electron chi connectivity index (χ0n) is 43.0. The molecule has 0 aliphatic rings. The van der Waals surface area contributed by atoms with Crippen LogP contribution in [0.25, 0.3) is 0 Å². The summed E-state index contributed by atoms with van der Waals surface area (Å²) in [5, 5.41) is 0. The van der Waals surface area contributed by atoms with Crippen molar-refractivity contribution in [1.82, 2.24) is 33.6 Å². The van der Waals surface area contributed by atoms with Crippen molar-refractivity contribution in [3.05, 3.63) is 159 Å². The second kappa shape index (κ2) is 17.9. The van der Waals surface area contributed by atoms with Crippen molar-refractivity contribution in [3.8, 4) is 0 Å². The lowest BCUT2D eigenvalue weighted by Gasteiger charge is -2.27. The smallest absolute Gasteiger partial charge is 0.123 e. The average molecular weight is 864 g/mol. The molecule has 0 saturated heterocycles. The molecule has 3 heterocycles. The highest BCUT2D eigenvalue weighted by Crippen LogP contribution is 2.34. The lowest BCUT2D eigenvalue weighted by atomic mass is 9.79. The molecular weight excluding hydrogens is 783 g/mol. The van der Waals surface area contributed by atoms with Crippen molar-refractivity contribution in [2.75, 3.05) is 0 Å². The summed E-state index contributed by atoms with van der Waals surface area (Å²) in [4.78, 5) is 17.6. The molecule has 64 heavy (non-hydrogen) atoms. The average Bonchev–Trinajstić information content (AvgIpc) is 3.91. The van der Waals surface area contributed by atoms with E-state index in [0.29, 0.717) is 19.6 Å². The Kier molecular flexibility index (Phi) is 13.6. The summed E-state index contributed by atoms with van der Waals surface area (Å²) in [7, 11) is 0. The Labute approximate surface area is 387 Å². The van der Waals surface area contributed by atoms with Gasteiger partial charge >= 0.3 is 0 Å². The lowest BCUT2D eigenvalue weighted by Crippen LogP contribution is -2.28. The summed E-state index contributed by atoms with van der Waals surface area (Å²) in [5.74, 6) is 3.07. The van der Waals surface area contributed by atoms with E-state index in [2.05, 4.69) is 216 Å². The quantitative estimate of drug-likeness (QED) is 0.123. The standard InChI is InChI=1S/C57H81N7/c1-52(2,3)43-25-40(26-44(31-43)53(4,5)6)34-62-22-19-58-49(62)37-61(38-50-59-20-23-63(50)35-41-27-45(54(7,8)9)32-46(28-41)55(10,11)12)39-51-60-21-24-64(51)36-42-29-47(56(13,14)15)33-48(30-42)57(16,17)18/h19-33H,34-39H2,1-18H3. The van der Waals surface area contributed by atoms with Crippen molar-refractivity contribution in [2.45, 2.75) is 196 Å². The molecule has 0 aliphatic heterocycles. The van der Waals surface area contributed by atoms with Gasteiger partial charge in [0, 0.05) is 56.8 Å². The van der Waals surface area contributed by atoms with Crippen molar-refractivity contribution >= 4 is 0 Å². The predicted molar refractivity (Wildman–Crippen MR) is 268 cm³/mol. The molecule has 0 amide bonds. The van der Waals surface area contributed by atoms with E-state index >= 15 is 0 Å². The summed E-state index contributed by atoms with van der Waals surface area (Å²) in [5.41, 5.74) is 12.3. The fraction of sp³-hybridized carbons (Fsp3) is 0.526. The molecule has 0 aliphatic carbocycles. The van der Waals surface area contributed by atoms with Gasteiger partial charge in [-0.2, -0.15) is 0 Å². The SMILES string of the molecule is CC(C)(C)c1cc(Cn2ccnc2CN(Cc2nccn2Cc2cc(C(C)(C)C)cc(C(C)(C)C)c2)Cc2nccn2Cc2cc(C(C)(C)C)cc(C(C)(C)C)c2)cc(C(C)(C)C)c1. The van der Waals surface area contributed by atoms with Crippen LogP contribution in [0, 0.1) is 0 Å². The van der Waals surface area contributed by atoms with E-state index in [1.165, 1.54) is 50.1 Å². The molecule has 0 unspecified atom stereocenters. The van der Waals surface area contributed by atoms with E-state index in [1.807, 2.05) is 18.6 Å². The van der Waals surface area contributed by atoms with Crippen LogP contribution in [-0.4, -0.2) is 33.6 Å². The van der Waals surface area contributed by atoms with Gasteiger partial charge in [-0.1, -0.05) is 179 Å². The van der Waals surface area contributed by atoms with Crippen LogP contribution in [0.1, 0.15) is 192 Å². The maximum absolute atomic E-state index is 5.03. The second-order valence-electron chi connectivity index (χ2n) is 24.8. The van der Waals surface area contributed by atoms with Gasteiger partial charge in [0.15, 0.2) is 0 Å². The number of benzene rings is 3. The van der Waals surface area contributed by atoms with E-state index in [9.17, 15) is 0 Å². The molecule has 6 aromatic rings. The molecule has 0 radical (unpaired) electrons. The first kappa shape index (κ1) is 48.7. The number of aromatic nitrogens is 6. The Morgan fingerprint density at radius 1 is 0.328 bits per heavy atom. The lowest BCUT2D eigenvalue weighted by molar-refractivity contribution is 0.221. The normalized spacial score (nSPS) is 13.4. The molecule has 0 atom stereocenters. The van der Waals surface area contributed by atoms with Gasteiger partial charge < -0.3 is 13.7 Å². The minimum absolute atomic E-state index is 0.0408. The van der Waals surface area contributed by atoms with Crippen LogP contribution in [0.5, 0.6) is 0 Å². The zero-order valence-corrected chi connectivity index (χ0v) is 43.0. The van der Waals surface area contributed by atoms with E-state index in [1.54, 1.807) is 0 Å². The van der Waals surface area contributed by atoms with Crippen molar-refractivity contribution in [2.24, 2.45) is 0 Å². The maximum Gasteiger partial charge on any atom is 0.123 e. The first-order chi connectivity index (χ1) is 29.4. The fourth-order valence-electron chi connectivity index (χ4n) is 8.21. The first-order valence-electron chi connectivity index (χ1n) is 23.6. The summed E-state index contributed by atoms with van der Waals surface area (Å²) < 4.78 is 6.99. The zero-order chi connectivity index (χ0) is 47.2. The molecule has 3 aromatic carbocycles. The van der Waals surface area contributed by atoms with Gasteiger partial charge in [-0.25, -0.2) is 15.0 Å². The molecule has 0 bridgehead atoms. The topological polar surface area (TPSA) is 56.7 Å². The van der Waals surface area contributed by atoms with Gasteiger partial charge in [-0.15, -0.1) is 0 Å².